The Morgan fingerprint density at radius 3 is 1.46 bits per heavy atom. The van der Waals surface area contributed by atoms with Crippen LogP contribution < -0.4 is 12.4 Å². The fourth-order valence-corrected chi connectivity index (χ4v) is 3.29. The molecule has 0 amide bonds. The molecule has 0 bridgehead atoms. The lowest BCUT2D eigenvalue weighted by atomic mass is 10.0. The normalized spacial score (nSPS) is 12.5. The minimum atomic E-state index is -0.0250. The minimum absolute atomic E-state index is 0. The number of hydrogen-bond acceptors (Lipinski definition) is 2. The highest BCUT2D eigenvalue weighted by atomic mass is 35.5. The number of ether oxygens (including phenoxy) is 1. The second kappa shape index (κ2) is 18.1. The summed E-state index contributed by atoms with van der Waals surface area (Å²) in [5.41, 5.74) is 0. The maximum absolute atomic E-state index is 11.9. The number of hydrogen-bond donors (Lipinski definition) is 0. The lowest BCUT2D eigenvalue weighted by Gasteiger charge is -2.32. The van der Waals surface area contributed by atoms with Crippen LogP contribution in [-0.2, 0) is 9.53 Å². The Morgan fingerprint density at radius 2 is 1.12 bits per heavy atom. The van der Waals surface area contributed by atoms with Gasteiger partial charge in [-0.3, -0.25) is 9.28 Å². The Kier molecular flexibility index (Phi) is 19.4. The molecule has 0 fully saturated rings. The van der Waals surface area contributed by atoms with E-state index >= 15 is 0 Å². The van der Waals surface area contributed by atoms with E-state index in [4.69, 9.17) is 4.74 Å². The number of quaternary nitrogens is 1. The van der Waals surface area contributed by atoms with E-state index in [1.807, 2.05) is 0 Å². The molecular formula is C22H46ClNO2. The van der Waals surface area contributed by atoms with Gasteiger partial charge in [0.1, 0.15) is 0 Å². The minimum Gasteiger partial charge on any atom is -1.00 e. The molecule has 0 aliphatic heterocycles. The van der Waals surface area contributed by atoms with Crippen LogP contribution in [0.3, 0.4) is 0 Å². The first kappa shape index (κ1) is 27.9. The maximum atomic E-state index is 11.9. The van der Waals surface area contributed by atoms with Gasteiger partial charge < -0.3 is 17.1 Å². The Morgan fingerprint density at radius 1 is 0.731 bits per heavy atom. The summed E-state index contributed by atoms with van der Waals surface area (Å²) < 4.78 is 6.29. The van der Waals surface area contributed by atoms with E-state index in [9.17, 15) is 4.79 Å². The van der Waals surface area contributed by atoms with E-state index in [-0.39, 0.29) is 24.6 Å². The van der Waals surface area contributed by atoms with Crippen LogP contribution in [0.25, 0.3) is 0 Å². The quantitative estimate of drug-likeness (QED) is 0.164. The highest BCUT2D eigenvalue weighted by Gasteiger charge is 2.25. The van der Waals surface area contributed by atoms with Gasteiger partial charge in [0.2, 0.25) is 6.23 Å². The van der Waals surface area contributed by atoms with E-state index in [0.29, 0.717) is 10.9 Å². The van der Waals surface area contributed by atoms with Crippen LogP contribution in [0.4, 0.5) is 0 Å². The third-order valence-electron chi connectivity index (χ3n) is 4.97. The van der Waals surface area contributed by atoms with Crippen LogP contribution in [0.15, 0.2) is 0 Å². The molecular weight excluding hydrogens is 346 g/mol. The monoisotopic (exact) mass is 391 g/mol. The average molecular weight is 392 g/mol. The van der Waals surface area contributed by atoms with E-state index in [0.717, 1.165) is 19.3 Å². The highest BCUT2D eigenvalue weighted by molar-refractivity contribution is 5.69. The Bertz CT molecular complexity index is 316. The molecule has 1 unspecified atom stereocenters. The first-order valence-electron chi connectivity index (χ1n) is 10.9. The van der Waals surface area contributed by atoms with Gasteiger partial charge in [-0.2, -0.15) is 0 Å². The van der Waals surface area contributed by atoms with Crippen LogP contribution in [-0.4, -0.2) is 37.8 Å². The molecule has 0 aliphatic carbocycles. The zero-order valence-electron chi connectivity index (χ0n) is 18.3. The zero-order valence-corrected chi connectivity index (χ0v) is 19.1. The van der Waals surface area contributed by atoms with Crippen LogP contribution in [0.5, 0.6) is 0 Å². The second-order valence-electron chi connectivity index (χ2n) is 8.46. The fourth-order valence-electron chi connectivity index (χ4n) is 3.29. The molecule has 0 radical (unpaired) electrons. The van der Waals surface area contributed by atoms with Gasteiger partial charge in [-0.15, -0.1) is 0 Å². The summed E-state index contributed by atoms with van der Waals surface area (Å²) in [7, 11) is 6.23. The lowest BCUT2D eigenvalue weighted by molar-refractivity contribution is -0.917. The number of esters is 1. The second-order valence-corrected chi connectivity index (χ2v) is 8.46. The van der Waals surface area contributed by atoms with E-state index in [1.54, 1.807) is 0 Å². The molecule has 0 spiro atoms. The van der Waals surface area contributed by atoms with E-state index in [1.165, 1.54) is 70.6 Å². The Balaban J connectivity index is 0. The van der Waals surface area contributed by atoms with Crippen molar-refractivity contribution in [2.45, 2.75) is 116 Å². The predicted octanol–water partition coefficient (Wildman–Crippen LogP) is 3.46. The Hall–Kier alpha value is -0.280. The molecule has 0 saturated carbocycles. The SMILES string of the molecule is CCCCCCCCCCCCCCCC(=O)OC(CC)[N+](C)(C)C.[Cl-]. The lowest BCUT2D eigenvalue weighted by Crippen LogP contribution is -3.00. The first-order chi connectivity index (χ1) is 11.9. The van der Waals surface area contributed by atoms with Crippen molar-refractivity contribution in [2.75, 3.05) is 21.1 Å². The summed E-state index contributed by atoms with van der Waals surface area (Å²) in [6.45, 7) is 4.35. The molecule has 0 heterocycles. The van der Waals surface area contributed by atoms with Gasteiger partial charge in [0, 0.05) is 12.8 Å². The van der Waals surface area contributed by atoms with Crippen molar-refractivity contribution in [2.24, 2.45) is 0 Å². The highest BCUT2D eigenvalue weighted by Crippen LogP contribution is 2.14. The first-order valence-corrected chi connectivity index (χ1v) is 10.9. The van der Waals surface area contributed by atoms with Crippen molar-refractivity contribution in [3.8, 4) is 0 Å². The number of halogens is 1. The van der Waals surface area contributed by atoms with Gasteiger partial charge in [0.25, 0.3) is 0 Å². The Labute approximate surface area is 170 Å². The summed E-state index contributed by atoms with van der Waals surface area (Å²) in [5, 5.41) is 0. The van der Waals surface area contributed by atoms with Crippen molar-refractivity contribution in [1.82, 2.24) is 0 Å². The molecule has 4 heteroatoms. The molecule has 158 valence electrons. The maximum Gasteiger partial charge on any atom is 0.310 e. The van der Waals surface area contributed by atoms with Gasteiger partial charge in [-0.25, -0.2) is 0 Å². The molecule has 0 rings (SSSR count). The molecule has 1 atom stereocenters. The van der Waals surface area contributed by atoms with Crippen molar-refractivity contribution >= 4 is 5.97 Å². The molecule has 0 saturated heterocycles. The van der Waals surface area contributed by atoms with E-state index in [2.05, 4.69) is 35.0 Å². The molecule has 0 aliphatic rings. The summed E-state index contributed by atoms with van der Waals surface area (Å²) in [6.07, 6.45) is 18.7. The van der Waals surface area contributed by atoms with Crippen molar-refractivity contribution in [3.63, 3.8) is 0 Å². The van der Waals surface area contributed by atoms with Crippen molar-refractivity contribution in [3.05, 3.63) is 0 Å². The van der Waals surface area contributed by atoms with Gasteiger partial charge in [0.15, 0.2) is 0 Å². The van der Waals surface area contributed by atoms with Crippen LogP contribution >= 0.6 is 0 Å². The number of carbonyl (C=O) groups excluding carboxylic acids is 1. The molecule has 0 aromatic carbocycles. The van der Waals surface area contributed by atoms with E-state index < -0.39 is 0 Å². The topological polar surface area (TPSA) is 26.3 Å². The van der Waals surface area contributed by atoms with Crippen molar-refractivity contribution in [1.29, 1.82) is 0 Å². The van der Waals surface area contributed by atoms with Crippen LogP contribution in [0.2, 0.25) is 0 Å². The molecule has 0 N–H and O–H groups in total. The van der Waals surface area contributed by atoms with Gasteiger partial charge in [0.05, 0.1) is 21.1 Å². The third kappa shape index (κ3) is 17.1. The smallest absolute Gasteiger partial charge is 0.310 e. The summed E-state index contributed by atoms with van der Waals surface area (Å²) in [4.78, 5) is 11.9. The van der Waals surface area contributed by atoms with Crippen molar-refractivity contribution < 1.29 is 26.4 Å². The van der Waals surface area contributed by atoms with Gasteiger partial charge in [-0.1, -0.05) is 90.9 Å². The predicted molar refractivity (Wildman–Crippen MR) is 109 cm³/mol. The number of unbranched alkanes of at least 4 members (excludes halogenated alkanes) is 12. The number of rotatable bonds is 17. The standard InChI is InChI=1S/C22H46NO2.ClH/c1-6-8-9-10-11-12-13-14-15-16-17-18-19-20-22(24)25-21(7-2)23(3,4)5;/h21H,6-20H2,1-5H3;1H/q+1;/p-1. The number of carbonyl (C=O) groups is 1. The molecule has 26 heavy (non-hydrogen) atoms. The van der Waals surface area contributed by atoms with Crippen LogP contribution in [0.1, 0.15) is 110 Å². The molecule has 0 aromatic heterocycles. The summed E-state index contributed by atoms with van der Waals surface area (Å²) >= 11 is 0. The van der Waals surface area contributed by atoms with Crippen LogP contribution in [0, 0.1) is 0 Å². The fraction of sp³-hybridized carbons (Fsp3) is 0.955. The third-order valence-corrected chi connectivity index (χ3v) is 4.97. The summed E-state index contributed by atoms with van der Waals surface area (Å²) in [5.74, 6) is -0.0250. The van der Waals surface area contributed by atoms with Gasteiger partial charge >= 0.3 is 5.97 Å². The summed E-state index contributed by atoms with van der Waals surface area (Å²) in [6, 6.07) is 0. The largest absolute Gasteiger partial charge is 1.00 e. The number of nitrogens with zero attached hydrogens (tertiary/aromatic N) is 1. The average Bonchev–Trinajstić information content (AvgIpc) is 2.55. The zero-order chi connectivity index (χ0) is 19.0. The molecule has 3 nitrogen and oxygen atoms in total. The van der Waals surface area contributed by atoms with Gasteiger partial charge in [-0.05, 0) is 6.42 Å². The molecule has 0 aromatic rings.